The number of ether oxygens (including phenoxy) is 1. The molecule has 1 aliphatic rings. The lowest BCUT2D eigenvalue weighted by atomic mass is 10.1. The summed E-state index contributed by atoms with van der Waals surface area (Å²) >= 11 is 1.42. The van der Waals surface area contributed by atoms with Crippen LogP contribution in [0.5, 0.6) is 5.19 Å². The molecule has 0 aromatic carbocycles. The predicted molar refractivity (Wildman–Crippen MR) is 102 cm³/mol. The first kappa shape index (κ1) is 17.6. The fourth-order valence-electron chi connectivity index (χ4n) is 3.10. The van der Waals surface area contributed by atoms with Crippen LogP contribution in [0.25, 0.3) is 21.5 Å². The molecule has 0 saturated carbocycles. The summed E-state index contributed by atoms with van der Waals surface area (Å²) in [6.45, 7) is 4.92. The first-order valence-corrected chi connectivity index (χ1v) is 9.60. The lowest BCUT2D eigenvalue weighted by molar-refractivity contribution is -0.126. The van der Waals surface area contributed by atoms with Gasteiger partial charge in [0.1, 0.15) is 0 Å². The zero-order chi connectivity index (χ0) is 18.8. The van der Waals surface area contributed by atoms with E-state index in [1.807, 2.05) is 13.0 Å². The molecule has 0 spiro atoms. The molecule has 2 N–H and O–H groups in total. The predicted octanol–water partition coefficient (Wildman–Crippen LogP) is 1.70. The Labute approximate surface area is 159 Å². The van der Waals surface area contributed by atoms with Crippen molar-refractivity contribution in [1.82, 2.24) is 25.2 Å². The second kappa shape index (κ2) is 7.45. The lowest BCUT2D eigenvalue weighted by Crippen LogP contribution is -2.48. The highest BCUT2D eigenvalue weighted by Gasteiger charge is 2.27. The van der Waals surface area contributed by atoms with E-state index in [1.165, 1.54) is 11.3 Å². The molecule has 4 rings (SSSR count). The van der Waals surface area contributed by atoms with Crippen molar-refractivity contribution in [2.75, 3.05) is 32.8 Å². The molecule has 4 heterocycles. The van der Waals surface area contributed by atoms with E-state index in [1.54, 1.807) is 23.5 Å². The van der Waals surface area contributed by atoms with E-state index < -0.39 is 11.7 Å². The lowest BCUT2D eigenvalue weighted by Gasteiger charge is -2.26. The number of amides is 1. The number of piperazine rings is 1. The van der Waals surface area contributed by atoms with Gasteiger partial charge in [-0.1, -0.05) is 11.3 Å². The quantitative estimate of drug-likeness (QED) is 0.512. The molecule has 140 valence electrons. The molecule has 1 amide bonds. The molecule has 1 fully saturated rings. The van der Waals surface area contributed by atoms with Gasteiger partial charge in [0, 0.05) is 50.3 Å². The van der Waals surface area contributed by atoms with Crippen LogP contribution in [0.2, 0.25) is 0 Å². The molecule has 0 bridgehead atoms. The maximum atomic E-state index is 12.8. The average Bonchev–Trinajstić information content (AvgIpc) is 3.35. The van der Waals surface area contributed by atoms with Crippen LogP contribution in [0.4, 0.5) is 0 Å². The number of carbonyl (C=O) groups excluding carboxylic acids is 2. The number of thiazole rings is 1. The zero-order valence-electron chi connectivity index (χ0n) is 14.8. The maximum absolute atomic E-state index is 12.8. The number of nitrogens with one attached hydrogen (secondary N) is 2. The van der Waals surface area contributed by atoms with Crippen molar-refractivity contribution in [3.63, 3.8) is 0 Å². The molecule has 3 aromatic rings. The average molecular weight is 385 g/mol. The van der Waals surface area contributed by atoms with E-state index in [9.17, 15) is 9.59 Å². The van der Waals surface area contributed by atoms with Gasteiger partial charge in [-0.15, -0.1) is 0 Å². The number of hydrogen-bond donors (Lipinski definition) is 2. The summed E-state index contributed by atoms with van der Waals surface area (Å²) in [5.41, 5.74) is 2.37. The molecule has 0 unspecified atom stereocenters. The highest BCUT2D eigenvalue weighted by atomic mass is 32.1. The zero-order valence-corrected chi connectivity index (χ0v) is 15.6. The van der Waals surface area contributed by atoms with E-state index in [0.717, 1.165) is 10.4 Å². The Kier molecular flexibility index (Phi) is 4.87. The van der Waals surface area contributed by atoms with Crippen LogP contribution in [0, 0.1) is 0 Å². The largest absolute Gasteiger partial charge is 0.470 e. The van der Waals surface area contributed by atoms with Gasteiger partial charge >= 0.3 is 0 Å². The van der Waals surface area contributed by atoms with Gasteiger partial charge in [-0.2, -0.15) is 0 Å². The van der Waals surface area contributed by atoms with E-state index in [-0.39, 0.29) is 0 Å². The van der Waals surface area contributed by atoms with Crippen LogP contribution in [0.15, 0.2) is 24.7 Å². The van der Waals surface area contributed by atoms with E-state index in [4.69, 9.17) is 4.74 Å². The summed E-state index contributed by atoms with van der Waals surface area (Å²) in [5, 5.41) is 3.76. The maximum Gasteiger partial charge on any atom is 0.295 e. The monoisotopic (exact) mass is 385 g/mol. The number of fused-ring (bicyclic) bond motifs is 1. The topological polar surface area (TPSA) is 100 Å². The number of aromatic nitrogens is 3. The molecule has 0 radical (unpaired) electrons. The van der Waals surface area contributed by atoms with Crippen LogP contribution in [0.3, 0.4) is 0 Å². The van der Waals surface area contributed by atoms with Crippen molar-refractivity contribution >= 4 is 34.1 Å². The van der Waals surface area contributed by atoms with Gasteiger partial charge in [-0.05, 0) is 13.0 Å². The van der Waals surface area contributed by atoms with Crippen molar-refractivity contribution in [3.8, 4) is 15.6 Å². The molecule has 9 heteroatoms. The summed E-state index contributed by atoms with van der Waals surface area (Å²) in [5.74, 6) is -1.02. The number of ketones is 1. The number of H-pyrrole nitrogens is 1. The highest BCUT2D eigenvalue weighted by molar-refractivity contribution is 7.16. The normalized spacial score (nSPS) is 14.5. The minimum atomic E-state index is -0.535. The van der Waals surface area contributed by atoms with Crippen LogP contribution in [-0.4, -0.2) is 64.3 Å². The van der Waals surface area contributed by atoms with E-state index >= 15 is 0 Å². The number of Topliss-reactive ketones (excluding diaryl/α,β-unsaturated/α-hetero) is 1. The molecule has 3 aromatic heterocycles. The molecular formula is C18H19N5O3S. The van der Waals surface area contributed by atoms with Crippen molar-refractivity contribution < 1.29 is 14.3 Å². The molecule has 1 aliphatic heterocycles. The molecule has 27 heavy (non-hydrogen) atoms. The first-order chi connectivity index (χ1) is 13.2. The van der Waals surface area contributed by atoms with Gasteiger partial charge in [0.2, 0.25) is 0 Å². The summed E-state index contributed by atoms with van der Waals surface area (Å²) in [4.78, 5) is 39.5. The minimum absolute atomic E-state index is 0.296. The second-order valence-corrected chi connectivity index (χ2v) is 7.07. The Morgan fingerprint density at radius 3 is 2.89 bits per heavy atom. The molecular weight excluding hydrogens is 366 g/mol. The fraction of sp³-hybridized carbons (Fsp3) is 0.333. The van der Waals surface area contributed by atoms with Gasteiger partial charge in [0.05, 0.1) is 28.1 Å². The van der Waals surface area contributed by atoms with Gasteiger partial charge in [0.15, 0.2) is 0 Å². The number of pyridine rings is 1. The Morgan fingerprint density at radius 1 is 1.30 bits per heavy atom. The second-order valence-electron chi connectivity index (χ2n) is 6.08. The summed E-state index contributed by atoms with van der Waals surface area (Å²) in [7, 11) is 0. The van der Waals surface area contributed by atoms with Crippen LogP contribution < -0.4 is 10.1 Å². The third-order valence-corrected chi connectivity index (χ3v) is 5.37. The van der Waals surface area contributed by atoms with Crippen molar-refractivity contribution in [1.29, 1.82) is 0 Å². The van der Waals surface area contributed by atoms with Gasteiger partial charge < -0.3 is 19.9 Å². The van der Waals surface area contributed by atoms with Gasteiger partial charge in [0.25, 0.3) is 16.9 Å². The smallest absolute Gasteiger partial charge is 0.295 e. The van der Waals surface area contributed by atoms with E-state index in [2.05, 4.69) is 20.3 Å². The standard InChI is InChI=1S/C18H19N5O3S/c1-2-26-18-22-10-13(27-18)11-3-4-20-15-12(9-21-14(11)15)16(24)17(25)23-7-5-19-6-8-23/h3-4,9-10,19,21H,2,5-8H2,1H3. The third kappa shape index (κ3) is 3.31. The van der Waals surface area contributed by atoms with Crippen molar-refractivity contribution in [2.24, 2.45) is 0 Å². The number of nitrogens with zero attached hydrogens (tertiary/aromatic N) is 3. The van der Waals surface area contributed by atoms with E-state index in [0.29, 0.717) is 54.6 Å². The number of rotatable bonds is 5. The fourth-order valence-corrected chi connectivity index (χ4v) is 3.96. The Balaban J connectivity index is 1.67. The Hall–Kier alpha value is -2.78. The highest BCUT2D eigenvalue weighted by Crippen LogP contribution is 2.34. The first-order valence-electron chi connectivity index (χ1n) is 8.78. The number of carbonyl (C=O) groups is 2. The van der Waals surface area contributed by atoms with Crippen LogP contribution in [-0.2, 0) is 4.79 Å². The minimum Gasteiger partial charge on any atom is -0.470 e. The Morgan fingerprint density at radius 2 is 2.11 bits per heavy atom. The molecule has 8 nitrogen and oxygen atoms in total. The van der Waals surface area contributed by atoms with Crippen LogP contribution in [0.1, 0.15) is 17.3 Å². The van der Waals surface area contributed by atoms with Crippen molar-refractivity contribution in [2.45, 2.75) is 6.92 Å². The third-order valence-electron chi connectivity index (χ3n) is 4.43. The summed E-state index contributed by atoms with van der Waals surface area (Å²) < 4.78 is 5.43. The molecule has 1 saturated heterocycles. The van der Waals surface area contributed by atoms with Gasteiger partial charge in [-0.25, -0.2) is 4.98 Å². The SMILES string of the molecule is CCOc1ncc(-c2ccnc3c(C(=O)C(=O)N4CCNCC4)c[nH]c23)s1. The number of aromatic amines is 1. The summed E-state index contributed by atoms with van der Waals surface area (Å²) in [6, 6.07) is 1.86. The number of hydrogen-bond acceptors (Lipinski definition) is 7. The molecule has 0 atom stereocenters. The van der Waals surface area contributed by atoms with Crippen LogP contribution >= 0.6 is 11.3 Å². The van der Waals surface area contributed by atoms with Gasteiger partial charge in [-0.3, -0.25) is 14.6 Å². The van der Waals surface area contributed by atoms with Crippen molar-refractivity contribution in [3.05, 3.63) is 30.2 Å². The molecule has 0 aliphatic carbocycles. The summed E-state index contributed by atoms with van der Waals surface area (Å²) in [6.07, 6.45) is 4.93. The Bertz CT molecular complexity index is 990.